The third-order valence-corrected chi connectivity index (χ3v) is 1.79. The smallest absolute Gasteiger partial charge is 0.324 e. The molecule has 0 aliphatic heterocycles. The van der Waals surface area contributed by atoms with Crippen LogP contribution in [0.25, 0.3) is 0 Å². The molecular weight excluding hydrogens is 246 g/mol. The molecule has 1 heterocycles. The van der Waals surface area contributed by atoms with Crippen LogP contribution in [0.1, 0.15) is 0 Å². The summed E-state index contributed by atoms with van der Waals surface area (Å²) >= 11 is 0. The molecule has 0 radical (unpaired) electrons. The molecule has 0 unspecified atom stereocenters. The molecule has 1 aromatic heterocycles. The first-order valence-corrected chi connectivity index (χ1v) is 4.34. The molecule has 0 aliphatic carbocycles. The lowest BCUT2D eigenvalue weighted by molar-refractivity contribution is -0.384. The lowest BCUT2D eigenvalue weighted by Gasteiger charge is -2.15. The molecular formula is C8H7F4N3O2. The first-order chi connectivity index (χ1) is 7.84. The Labute approximate surface area is 92.6 Å². The summed E-state index contributed by atoms with van der Waals surface area (Å²) in [5.41, 5.74) is -0.558. The summed E-state index contributed by atoms with van der Waals surface area (Å²) in [6.45, 7) is -1.43. The molecule has 1 N–H and O–H groups in total. The van der Waals surface area contributed by atoms with Gasteiger partial charge in [-0.2, -0.15) is 8.78 Å². The van der Waals surface area contributed by atoms with Crippen molar-refractivity contribution in [1.29, 1.82) is 0 Å². The third-order valence-electron chi connectivity index (χ3n) is 1.79. The number of anilines is 1. The molecule has 0 saturated heterocycles. The zero-order valence-corrected chi connectivity index (χ0v) is 8.24. The van der Waals surface area contributed by atoms with Gasteiger partial charge in [-0.25, -0.2) is 13.8 Å². The maximum atomic E-state index is 12.6. The molecule has 5 nitrogen and oxygen atoms in total. The van der Waals surface area contributed by atoms with Crippen molar-refractivity contribution in [3.8, 4) is 0 Å². The van der Waals surface area contributed by atoms with Crippen LogP contribution in [-0.4, -0.2) is 28.8 Å². The van der Waals surface area contributed by atoms with Gasteiger partial charge in [0, 0.05) is 12.3 Å². The lowest BCUT2D eigenvalue weighted by Crippen LogP contribution is -2.35. The van der Waals surface area contributed by atoms with Crippen LogP contribution in [-0.2, 0) is 0 Å². The fourth-order valence-electron chi connectivity index (χ4n) is 0.959. The summed E-state index contributed by atoms with van der Waals surface area (Å²) in [4.78, 5) is 13.1. The standard InChI is InChI=1S/C8H7F4N3O2/c9-7(10)8(11,12)4-14-6-5(15(16)17)2-1-3-13-6/h1-3,7H,4H2,(H,13,14). The van der Waals surface area contributed by atoms with Gasteiger partial charge in [0.2, 0.25) is 5.82 Å². The Kier molecular flexibility index (Phi) is 3.81. The molecule has 0 amide bonds. The van der Waals surface area contributed by atoms with E-state index in [0.717, 1.165) is 12.3 Å². The van der Waals surface area contributed by atoms with E-state index in [9.17, 15) is 27.7 Å². The van der Waals surface area contributed by atoms with Crippen molar-refractivity contribution in [1.82, 2.24) is 4.98 Å². The summed E-state index contributed by atoms with van der Waals surface area (Å²) in [5, 5.41) is 12.3. The Balaban J connectivity index is 2.79. The van der Waals surface area contributed by atoms with Crippen LogP contribution in [0.5, 0.6) is 0 Å². The van der Waals surface area contributed by atoms with Gasteiger partial charge in [0.15, 0.2) is 0 Å². The highest BCUT2D eigenvalue weighted by Crippen LogP contribution is 2.25. The largest absolute Gasteiger partial charge is 0.358 e. The number of halogens is 4. The minimum Gasteiger partial charge on any atom is -0.358 e. The minimum absolute atomic E-state index is 0.474. The second-order valence-corrected chi connectivity index (χ2v) is 3.04. The molecule has 1 aromatic rings. The lowest BCUT2D eigenvalue weighted by atomic mass is 10.3. The first kappa shape index (κ1) is 13.1. The van der Waals surface area contributed by atoms with Gasteiger partial charge in [0.05, 0.1) is 11.5 Å². The van der Waals surface area contributed by atoms with Crippen molar-refractivity contribution >= 4 is 11.5 Å². The van der Waals surface area contributed by atoms with Crippen molar-refractivity contribution in [2.24, 2.45) is 0 Å². The van der Waals surface area contributed by atoms with Crippen LogP contribution < -0.4 is 5.32 Å². The van der Waals surface area contributed by atoms with Gasteiger partial charge in [0.25, 0.3) is 0 Å². The number of nitrogens with zero attached hydrogens (tertiary/aromatic N) is 2. The fraction of sp³-hybridized carbons (Fsp3) is 0.375. The highest BCUT2D eigenvalue weighted by molar-refractivity contribution is 5.55. The summed E-state index contributed by atoms with van der Waals surface area (Å²) in [7, 11) is 0. The highest BCUT2D eigenvalue weighted by atomic mass is 19.3. The Morgan fingerprint density at radius 2 is 2.18 bits per heavy atom. The Morgan fingerprint density at radius 3 is 2.71 bits per heavy atom. The van der Waals surface area contributed by atoms with Gasteiger partial charge >= 0.3 is 18.0 Å². The average Bonchev–Trinajstić information content (AvgIpc) is 2.26. The van der Waals surface area contributed by atoms with Gasteiger partial charge in [-0.05, 0) is 6.07 Å². The predicted molar refractivity (Wildman–Crippen MR) is 50.3 cm³/mol. The van der Waals surface area contributed by atoms with E-state index in [2.05, 4.69) is 4.98 Å². The van der Waals surface area contributed by atoms with Crippen molar-refractivity contribution in [2.75, 3.05) is 11.9 Å². The van der Waals surface area contributed by atoms with Crippen molar-refractivity contribution in [2.45, 2.75) is 12.3 Å². The average molecular weight is 253 g/mol. The van der Waals surface area contributed by atoms with Gasteiger partial charge in [-0.1, -0.05) is 0 Å². The molecule has 0 aromatic carbocycles. The number of pyridine rings is 1. The fourth-order valence-corrected chi connectivity index (χ4v) is 0.959. The Bertz CT molecular complexity index is 414. The van der Waals surface area contributed by atoms with Gasteiger partial charge in [0.1, 0.15) is 0 Å². The van der Waals surface area contributed by atoms with Crippen LogP contribution in [0, 0.1) is 10.1 Å². The molecule has 17 heavy (non-hydrogen) atoms. The summed E-state index contributed by atoms with van der Waals surface area (Å²) in [6.07, 6.45) is -2.73. The number of aromatic nitrogens is 1. The molecule has 94 valence electrons. The summed E-state index contributed by atoms with van der Waals surface area (Å²) < 4.78 is 48.8. The Morgan fingerprint density at radius 1 is 1.53 bits per heavy atom. The van der Waals surface area contributed by atoms with Gasteiger partial charge < -0.3 is 5.32 Å². The molecule has 0 spiro atoms. The first-order valence-electron chi connectivity index (χ1n) is 4.34. The van der Waals surface area contributed by atoms with E-state index in [-0.39, 0.29) is 0 Å². The van der Waals surface area contributed by atoms with Gasteiger partial charge in [-0.3, -0.25) is 10.1 Å². The maximum Gasteiger partial charge on any atom is 0.324 e. The van der Waals surface area contributed by atoms with Crippen molar-refractivity contribution in [3.05, 3.63) is 28.4 Å². The number of hydrogen-bond donors (Lipinski definition) is 1. The summed E-state index contributed by atoms with van der Waals surface area (Å²) in [5.74, 6) is -4.75. The minimum atomic E-state index is -4.27. The number of rotatable bonds is 5. The monoisotopic (exact) mass is 253 g/mol. The topological polar surface area (TPSA) is 68.1 Å². The number of nitrogens with one attached hydrogen (secondary N) is 1. The van der Waals surface area contributed by atoms with Crippen LogP contribution in [0.2, 0.25) is 0 Å². The number of nitro groups is 1. The van der Waals surface area contributed by atoms with Crippen LogP contribution >= 0.6 is 0 Å². The predicted octanol–water partition coefficient (Wildman–Crippen LogP) is 2.30. The van der Waals surface area contributed by atoms with E-state index in [4.69, 9.17) is 0 Å². The molecule has 0 saturated carbocycles. The van der Waals surface area contributed by atoms with Crippen molar-refractivity contribution in [3.63, 3.8) is 0 Å². The molecule has 9 heteroatoms. The van der Waals surface area contributed by atoms with E-state index in [0.29, 0.717) is 0 Å². The highest BCUT2D eigenvalue weighted by Gasteiger charge is 2.40. The second kappa shape index (κ2) is 4.93. The van der Waals surface area contributed by atoms with Crippen LogP contribution in [0.3, 0.4) is 0 Å². The molecule has 0 aliphatic rings. The molecule has 0 atom stereocenters. The van der Waals surface area contributed by atoms with E-state index in [1.165, 1.54) is 6.07 Å². The number of hydrogen-bond acceptors (Lipinski definition) is 4. The zero-order chi connectivity index (χ0) is 13.1. The van der Waals surface area contributed by atoms with Crippen LogP contribution in [0.15, 0.2) is 18.3 Å². The van der Waals surface area contributed by atoms with E-state index >= 15 is 0 Å². The second-order valence-electron chi connectivity index (χ2n) is 3.04. The number of alkyl halides is 4. The van der Waals surface area contributed by atoms with Crippen LogP contribution in [0.4, 0.5) is 29.1 Å². The van der Waals surface area contributed by atoms with E-state index in [1.54, 1.807) is 0 Å². The van der Waals surface area contributed by atoms with Gasteiger partial charge in [-0.15, -0.1) is 0 Å². The SMILES string of the molecule is O=[N+]([O-])c1cccnc1NCC(F)(F)C(F)F. The molecule has 0 fully saturated rings. The summed E-state index contributed by atoms with van der Waals surface area (Å²) in [6, 6.07) is 2.25. The van der Waals surface area contributed by atoms with E-state index in [1.807, 2.05) is 5.32 Å². The normalized spacial score (nSPS) is 11.6. The quantitative estimate of drug-likeness (QED) is 0.496. The zero-order valence-electron chi connectivity index (χ0n) is 8.24. The van der Waals surface area contributed by atoms with E-state index < -0.39 is 35.3 Å². The Hall–Kier alpha value is -1.93. The maximum absolute atomic E-state index is 12.6. The third kappa shape index (κ3) is 3.26. The molecule has 1 rings (SSSR count). The van der Waals surface area contributed by atoms with Crippen molar-refractivity contribution < 1.29 is 22.5 Å². The molecule has 0 bridgehead atoms.